The summed E-state index contributed by atoms with van der Waals surface area (Å²) in [5, 5.41) is 3.44. The Labute approximate surface area is 120 Å². The number of ether oxygens (including phenoxy) is 1. The molecule has 3 aliphatic rings. The van der Waals surface area contributed by atoms with Gasteiger partial charge in [-0.2, -0.15) is 0 Å². The first-order valence-corrected chi connectivity index (χ1v) is 7.90. The van der Waals surface area contributed by atoms with Crippen molar-refractivity contribution in [1.29, 1.82) is 0 Å². The number of hydrogen-bond donors (Lipinski definition) is 1. The molecular weight excluding hydrogens is 252 g/mol. The van der Waals surface area contributed by atoms with E-state index in [0.717, 1.165) is 45.8 Å². The van der Waals surface area contributed by atoms with Crippen LogP contribution in [-0.4, -0.2) is 53.8 Å². The van der Waals surface area contributed by atoms with Gasteiger partial charge in [-0.1, -0.05) is 0 Å². The zero-order valence-electron chi connectivity index (χ0n) is 12.3. The summed E-state index contributed by atoms with van der Waals surface area (Å²) >= 11 is 0. The highest BCUT2D eigenvalue weighted by molar-refractivity contribution is 5.24. The van der Waals surface area contributed by atoms with Gasteiger partial charge in [0.2, 0.25) is 0 Å². The van der Waals surface area contributed by atoms with Gasteiger partial charge >= 0.3 is 0 Å². The third-order valence-electron chi connectivity index (χ3n) is 4.69. The molecule has 1 saturated carbocycles. The number of nitrogens with one attached hydrogen (secondary N) is 1. The molecule has 3 heterocycles. The fourth-order valence-corrected chi connectivity index (χ4v) is 3.43. The van der Waals surface area contributed by atoms with Gasteiger partial charge in [-0.05, 0) is 19.9 Å². The topological polar surface area (TPSA) is 42.3 Å². The number of aromatic nitrogens is 2. The monoisotopic (exact) mass is 276 g/mol. The van der Waals surface area contributed by atoms with Gasteiger partial charge in [0.15, 0.2) is 0 Å². The van der Waals surface area contributed by atoms with Crippen LogP contribution in [0.2, 0.25) is 0 Å². The Morgan fingerprint density at radius 2 is 2.30 bits per heavy atom. The van der Waals surface area contributed by atoms with E-state index in [4.69, 9.17) is 9.72 Å². The molecule has 20 heavy (non-hydrogen) atoms. The summed E-state index contributed by atoms with van der Waals surface area (Å²) in [5.41, 5.74) is 2.74. The summed E-state index contributed by atoms with van der Waals surface area (Å²) in [4.78, 5) is 7.30. The lowest BCUT2D eigenvalue weighted by Gasteiger charge is -2.31. The van der Waals surface area contributed by atoms with Crippen LogP contribution in [0.1, 0.15) is 36.0 Å². The lowest BCUT2D eigenvalue weighted by Crippen LogP contribution is -2.42. The smallest absolute Gasteiger partial charge is 0.112 e. The second-order valence-corrected chi connectivity index (χ2v) is 6.43. The predicted octanol–water partition coefficient (Wildman–Crippen LogP) is 0.737. The first-order chi connectivity index (χ1) is 9.81. The average molecular weight is 276 g/mol. The Morgan fingerprint density at radius 3 is 3.10 bits per heavy atom. The quantitative estimate of drug-likeness (QED) is 0.884. The van der Waals surface area contributed by atoms with E-state index in [9.17, 15) is 0 Å². The molecule has 1 aromatic heterocycles. The lowest BCUT2D eigenvalue weighted by atomic mass is 10.1. The first-order valence-electron chi connectivity index (χ1n) is 7.90. The van der Waals surface area contributed by atoms with Crippen LogP contribution in [0.15, 0.2) is 0 Å². The van der Waals surface area contributed by atoms with Crippen molar-refractivity contribution in [2.24, 2.45) is 0 Å². The zero-order valence-corrected chi connectivity index (χ0v) is 12.3. The van der Waals surface area contributed by atoms with Crippen molar-refractivity contribution in [3.05, 3.63) is 17.2 Å². The third-order valence-corrected chi connectivity index (χ3v) is 4.69. The largest absolute Gasteiger partial charge is 0.374 e. The van der Waals surface area contributed by atoms with Crippen molar-refractivity contribution in [2.45, 2.75) is 44.4 Å². The Kier molecular flexibility index (Phi) is 3.28. The molecule has 4 rings (SSSR count). The fraction of sp³-hybridized carbons (Fsp3) is 0.800. The molecule has 1 N–H and O–H groups in total. The molecule has 2 aliphatic heterocycles. The van der Waals surface area contributed by atoms with Crippen molar-refractivity contribution in [3.63, 3.8) is 0 Å². The van der Waals surface area contributed by atoms with Crippen LogP contribution in [0.3, 0.4) is 0 Å². The Hall–Kier alpha value is -0.910. The maximum Gasteiger partial charge on any atom is 0.112 e. The molecule has 5 heteroatoms. The van der Waals surface area contributed by atoms with E-state index in [0.29, 0.717) is 12.0 Å². The van der Waals surface area contributed by atoms with Gasteiger partial charge in [-0.3, -0.25) is 0 Å². The normalized spacial score (nSPS) is 27.6. The van der Waals surface area contributed by atoms with Gasteiger partial charge in [-0.15, -0.1) is 0 Å². The van der Waals surface area contributed by atoms with Crippen molar-refractivity contribution < 1.29 is 4.74 Å². The number of nitrogens with zero attached hydrogens (tertiary/aromatic N) is 3. The number of imidazole rings is 1. The predicted molar refractivity (Wildman–Crippen MR) is 76.8 cm³/mol. The molecule has 5 nitrogen and oxygen atoms in total. The van der Waals surface area contributed by atoms with E-state index < -0.39 is 0 Å². The maximum atomic E-state index is 5.96. The van der Waals surface area contributed by atoms with Crippen LogP contribution in [0.25, 0.3) is 0 Å². The summed E-state index contributed by atoms with van der Waals surface area (Å²) in [6, 6.07) is 0. The summed E-state index contributed by atoms with van der Waals surface area (Å²) in [6.45, 7) is 5.95. The van der Waals surface area contributed by atoms with E-state index in [2.05, 4.69) is 21.8 Å². The van der Waals surface area contributed by atoms with Crippen molar-refractivity contribution in [2.75, 3.05) is 33.3 Å². The average Bonchev–Trinajstić information content (AvgIpc) is 3.23. The molecule has 1 unspecified atom stereocenters. The molecule has 0 spiro atoms. The minimum Gasteiger partial charge on any atom is -0.374 e. The molecule has 110 valence electrons. The minimum atomic E-state index is 0.319. The van der Waals surface area contributed by atoms with Gasteiger partial charge in [0, 0.05) is 44.2 Å². The highest BCUT2D eigenvalue weighted by Crippen LogP contribution is 2.40. The maximum absolute atomic E-state index is 5.96. The Morgan fingerprint density at radius 1 is 1.40 bits per heavy atom. The molecule has 1 aliphatic carbocycles. The van der Waals surface area contributed by atoms with E-state index in [-0.39, 0.29) is 0 Å². The number of morpholine rings is 1. The number of hydrogen-bond acceptors (Lipinski definition) is 4. The van der Waals surface area contributed by atoms with E-state index >= 15 is 0 Å². The van der Waals surface area contributed by atoms with Gasteiger partial charge < -0.3 is 19.5 Å². The Balaban J connectivity index is 1.60. The Bertz CT molecular complexity index is 494. The van der Waals surface area contributed by atoms with Crippen LogP contribution in [0.4, 0.5) is 0 Å². The van der Waals surface area contributed by atoms with Crippen LogP contribution in [0.5, 0.6) is 0 Å². The SMILES string of the molecule is CN1CCOC(Cn2c(C3CC3)nc3c2CCNC3)C1. The second-order valence-electron chi connectivity index (χ2n) is 6.43. The summed E-state index contributed by atoms with van der Waals surface area (Å²) in [7, 11) is 2.19. The van der Waals surface area contributed by atoms with Crippen LogP contribution in [0, 0.1) is 0 Å². The second kappa shape index (κ2) is 5.13. The summed E-state index contributed by atoms with van der Waals surface area (Å²) < 4.78 is 8.46. The van der Waals surface area contributed by atoms with Crippen LogP contribution < -0.4 is 5.32 Å². The standard InChI is InChI=1S/C15H24N4O/c1-18-6-7-20-12(9-18)10-19-14-4-5-16-8-13(14)17-15(19)11-2-3-11/h11-12,16H,2-10H2,1H3. The van der Waals surface area contributed by atoms with Crippen LogP contribution >= 0.6 is 0 Å². The van der Waals surface area contributed by atoms with Crippen LogP contribution in [-0.2, 0) is 24.2 Å². The highest BCUT2D eigenvalue weighted by atomic mass is 16.5. The van der Waals surface area contributed by atoms with Crippen molar-refractivity contribution in [1.82, 2.24) is 19.8 Å². The van der Waals surface area contributed by atoms with Gasteiger partial charge in [0.05, 0.1) is 24.9 Å². The van der Waals surface area contributed by atoms with Gasteiger partial charge in [-0.25, -0.2) is 4.98 Å². The summed E-state index contributed by atoms with van der Waals surface area (Å²) in [6.07, 6.45) is 4.06. The minimum absolute atomic E-state index is 0.319. The van der Waals surface area contributed by atoms with E-state index in [1.165, 1.54) is 30.1 Å². The molecule has 0 amide bonds. The fourth-order valence-electron chi connectivity index (χ4n) is 3.43. The third kappa shape index (κ3) is 2.38. The van der Waals surface area contributed by atoms with E-state index in [1.54, 1.807) is 0 Å². The van der Waals surface area contributed by atoms with E-state index in [1.807, 2.05) is 0 Å². The zero-order chi connectivity index (χ0) is 13.5. The molecule has 0 bridgehead atoms. The highest BCUT2D eigenvalue weighted by Gasteiger charge is 2.33. The molecule has 1 atom stereocenters. The van der Waals surface area contributed by atoms with Gasteiger partial charge in [0.25, 0.3) is 0 Å². The number of fused-ring (bicyclic) bond motifs is 1. The van der Waals surface area contributed by atoms with Gasteiger partial charge in [0.1, 0.15) is 5.82 Å². The first kappa shape index (κ1) is 12.8. The van der Waals surface area contributed by atoms with Crippen molar-refractivity contribution >= 4 is 0 Å². The number of likely N-dealkylation sites (N-methyl/N-ethyl adjacent to an activating group) is 1. The molecule has 1 aromatic rings. The molecule has 2 fully saturated rings. The molecule has 0 aromatic carbocycles. The molecule has 0 radical (unpaired) electrons. The summed E-state index contributed by atoms with van der Waals surface area (Å²) in [5.74, 6) is 2.04. The number of rotatable bonds is 3. The molecular formula is C15H24N4O. The van der Waals surface area contributed by atoms with Crippen molar-refractivity contribution in [3.8, 4) is 0 Å². The lowest BCUT2D eigenvalue weighted by molar-refractivity contribution is -0.0281. The molecule has 1 saturated heterocycles.